The van der Waals surface area contributed by atoms with Crippen LogP contribution in [0, 0.1) is 6.92 Å². The summed E-state index contributed by atoms with van der Waals surface area (Å²) in [5.74, 6) is 1.71. The SMILES string of the molecule is Cc1cc(NC2CCOc3ccc(Cl)cc32)ncn1. The van der Waals surface area contributed by atoms with Crippen molar-refractivity contribution in [3.8, 4) is 5.75 Å². The zero-order chi connectivity index (χ0) is 13.2. The maximum atomic E-state index is 6.06. The Morgan fingerprint density at radius 1 is 1.32 bits per heavy atom. The van der Waals surface area contributed by atoms with E-state index in [0.717, 1.165) is 34.3 Å². The molecule has 1 atom stereocenters. The zero-order valence-corrected chi connectivity index (χ0v) is 11.3. The van der Waals surface area contributed by atoms with Crippen LogP contribution in [0.25, 0.3) is 0 Å². The highest BCUT2D eigenvalue weighted by molar-refractivity contribution is 6.30. The molecule has 4 nitrogen and oxygen atoms in total. The standard InChI is InChI=1S/C14H14ClN3O/c1-9-6-14(17-8-16-9)18-12-4-5-19-13-3-2-10(15)7-11(12)13/h2-3,6-8,12H,4-5H2,1H3,(H,16,17,18). The van der Waals surface area contributed by atoms with Crippen LogP contribution < -0.4 is 10.1 Å². The van der Waals surface area contributed by atoms with E-state index in [2.05, 4.69) is 15.3 Å². The number of rotatable bonds is 2. The van der Waals surface area contributed by atoms with E-state index in [9.17, 15) is 0 Å². The average Bonchev–Trinajstić information content (AvgIpc) is 2.39. The Morgan fingerprint density at radius 2 is 2.21 bits per heavy atom. The van der Waals surface area contributed by atoms with Crippen molar-refractivity contribution in [2.75, 3.05) is 11.9 Å². The minimum atomic E-state index is 0.164. The Bertz CT molecular complexity index is 603. The second kappa shape index (κ2) is 5.05. The highest BCUT2D eigenvalue weighted by Crippen LogP contribution is 2.35. The summed E-state index contributed by atoms with van der Waals surface area (Å²) in [5, 5.41) is 4.13. The molecule has 0 spiro atoms. The Labute approximate surface area is 116 Å². The Morgan fingerprint density at radius 3 is 3.05 bits per heavy atom. The molecule has 0 bridgehead atoms. The number of hydrogen-bond acceptors (Lipinski definition) is 4. The molecule has 2 aromatic rings. The molecule has 1 aliphatic rings. The van der Waals surface area contributed by atoms with Gasteiger partial charge >= 0.3 is 0 Å². The van der Waals surface area contributed by atoms with E-state index in [0.29, 0.717) is 6.61 Å². The molecule has 0 fully saturated rings. The molecule has 1 aromatic heterocycles. The number of anilines is 1. The van der Waals surface area contributed by atoms with Gasteiger partial charge in [-0.05, 0) is 25.1 Å². The summed E-state index contributed by atoms with van der Waals surface area (Å²) >= 11 is 6.06. The van der Waals surface area contributed by atoms with Gasteiger partial charge in [-0.2, -0.15) is 0 Å². The molecule has 0 radical (unpaired) electrons. The fourth-order valence-electron chi connectivity index (χ4n) is 2.23. The summed E-state index contributed by atoms with van der Waals surface area (Å²) in [6, 6.07) is 7.80. The van der Waals surface area contributed by atoms with Crippen LogP contribution in [-0.4, -0.2) is 16.6 Å². The van der Waals surface area contributed by atoms with Gasteiger partial charge in [-0.1, -0.05) is 11.6 Å². The lowest BCUT2D eigenvalue weighted by molar-refractivity contribution is 0.274. The van der Waals surface area contributed by atoms with Crippen LogP contribution in [0.3, 0.4) is 0 Å². The number of fused-ring (bicyclic) bond motifs is 1. The summed E-state index contributed by atoms with van der Waals surface area (Å²) in [7, 11) is 0. The van der Waals surface area contributed by atoms with Gasteiger partial charge in [-0.15, -0.1) is 0 Å². The van der Waals surface area contributed by atoms with Crippen LogP contribution in [0.15, 0.2) is 30.6 Å². The number of halogens is 1. The van der Waals surface area contributed by atoms with Gasteiger partial charge in [0.25, 0.3) is 0 Å². The van der Waals surface area contributed by atoms with Crippen molar-refractivity contribution in [1.82, 2.24) is 9.97 Å². The minimum Gasteiger partial charge on any atom is -0.493 e. The normalized spacial score (nSPS) is 17.5. The lowest BCUT2D eigenvalue weighted by atomic mass is 10.0. The lowest BCUT2D eigenvalue weighted by Gasteiger charge is -2.27. The number of aromatic nitrogens is 2. The molecule has 0 saturated heterocycles. The summed E-state index contributed by atoms with van der Waals surface area (Å²) in [6.07, 6.45) is 2.45. The van der Waals surface area contributed by atoms with E-state index in [1.165, 1.54) is 0 Å². The third kappa shape index (κ3) is 2.63. The first-order valence-electron chi connectivity index (χ1n) is 6.20. The second-order valence-corrected chi connectivity index (χ2v) is 5.00. The van der Waals surface area contributed by atoms with Crippen LogP contribution >= 0.6 is 11.6 Å². The number of hydrogen-bond donors (Lipinski definition) is 1. The maximum Gasteiger partial charge on any atom is 0.130 e. The fourth-order valence-corrected chi connectivity index (χ4v) is 2.41. The molecule has 0 saturated carbocycles. The summed E-state index contributed by atoms with van der Waals surface area (Å²) < 4.78 is 5.64. The third-order valence-electron chi connectivity index (χ3n) is 3.14. The molecule has 19 heavy (non-hydrogen) atoms. The second-order valence-electron chi connectivity index (χ2n) is 4.56. The van der Waals surface area contributed by atoms with E-state index < -0.39 is 0 Å². The van der Waals surface area contributed by atoms with E-state index in [4.69, 9.17) is 16.3 Å². The van der Waals surface area contributed by atoms with Crippen molar-refractivity contribution in [1.29, 1.82) is 0 Å². The van der Waals surface area contributed by atoms with Gasteiger partial charge in [-0.3, -0.25) is 0 Å². The number of nitrogens with one attached hydrogen (secondary N) is 1. The molecule has 1 unspecified atom stereocenters. The molecular formula is C14H14ClN3O. The summed E-state index contributed by atoms with van der Waals surface area (Å²) in [5.41, 5.74) is 2.02. The van der Waals surface area contributed by atoms with Crippen LogP contribution in [0.1, 0.15) is 23.7 Å². The van der Waals surface area contributed by atoms with Gasteiger partial charge in [0.1, 0.15) is 17.9 Å². The van der Waals surface area contributed by atoms with Crippen molar-refractivity contribution in [3.05, 3.63) is 46.9 Å². The molecule has 1 aliphatic heterocycles. The molecule has 98 valence electrons. The van der Waals surface area contributed by atoms with Crippen LogP contribution in [0.4, 0.5) is 5.82 Å². The Hall–Kier alpha value is -1.81. The Kier molecular flexibility index (Phi) is 3.25. The molecule has 0 aliphatic carbocycles. The summed E-state index contributed by atoms with van der Waals surface area (Å²) in [4.78, 5) is 8.33. The maximum absolute atomic E-state index is 6.06. The van der Waals surface area contributed by atoms with Gasteiger partial charge in [0.2, 0.25) is 0 Å². The van der Waals surface area contributed by atoms with Crippen molar-refractivity contribution in [3.63, 3.8) is 0 Å². The van der Waals surface area contributed by atoms with Crippen molar-refractivity contribution in [2.45, 2.75) is 19.4 Å². The van der Waals surface area contributed by atoms with Crippen LogP contribution in [0.2, 0.25) is 5.02 Å². The highest BCUT2D eigenvalue weighted by atomic mass is 35.5. The largest absolute Gasteiger partial charge is 0.493 e. The first-order chi connectivity index (χ1) is 9.22. The van der Waals surface area contributed by atoms with Gasteiger partial charge in [0, 0.05) is 28.8 Å². The topological polar surface area (TPSA) is 47.0 Å². The highest BCUT2D eigenvalue weighted by Gasteiger charge is 2.22. The Balaban J connectivity index is 1.89. The molecule has 1 aromatic carbocycles. The molecule has 5 heteroatoms. The first-order valence-corrected chi connectivity index (χ1v) is 6.57. The van der Waals surface area contributed by atoms with E-state index in [1.54, 1.807) is 6.33 Å². The smallest absolute Gasteiger partial charge is 0.130 e. The van der Waals surface area contributed by atoms with Gasteiger partial charge in [0.15, 0.2) is 0 Å². The van der Waals surface area contributed by atoms with Crippen LogP contribution in [0.5, 0.6) is 5.75 Å². The number of aryl methyl sites for hydroxylation is 1. The predicted octanol–water partition coefficient (Wildman–Crippen LogP) is 3.37. The lowest BCUT2D eigenvalue weighted by Crippen LogP contribution is -2.20. The summed E-state index contributed by atoms with van der Waals surface area (Å²) in [6.45, 7) is 2.64. The number of benzene rings is 1. The fraction of sp³-hybridized carbons (Fsp3) is 0.286. The minimum absolute atomic E-state index is 0.164. The molecule has 0 amide bonds. The van der Waals surface area contributed by atoms with E-state index in [-0.39, 0.29) is 6.04 Å². The zero-order valence-electron chi connectivity index (χ0n) is 10.6. The number of nitrogens with zero attached hydrogens (tertiary/aromatic N) is 2. The predicted molar refractivity (Wildman–Crippen MR) is 74.7 cm³/mol. The molecule has 3 rings (SSSR count). The monoisotopic (exact) mass is 275 g/mol. The van der Waals surface area contributed by atoms with E-state index >= 15 is 0 Å². The van der Waals surface area contributed by atoms with Crippen molar-refractivity contribution < 1.29 is 4.74 Å². The number of ether oxygens (including phenoxy) is 1. The molecule has 2 heterocycles. The molecule has 1 N–H and O–H groups in total. The quantitative estimate of drug-likeness (QED) is 0.913. The van der Waals surface area contributed by atoms with Crippen molar-refractivity contribution in [2.24, 2.45) is 0 Å². The van der Waals surface area contributed by atoms with Gasteiger partial charge in [-0.25, -0.2) is 9.97 Å². The van der Waals surface area contributed by atoms with Crippen molar-refractivity contribution >= 4 is 17.4 Å². The van der Waals surface area contributed by atoms with Gasteiger partial charge in [0.05, 0.1) is 12.6 Å². The third-order valence-corrected chi connectivity index (χ3v) is 3.37. The molecular weight excluding hydrogens is 262 g/mol. The van der Waals surface area contributed by atoms with E-state index in [1.807, 2.05) is 31.2 Å². The first kappa shape index (κ1) is 12.2. The van der Waals surface area contributed by atoms with Crippen LogP contribution in [-0.2, 0) is 0 Å². The van der Waals surface area contributed by atoms with Gasteiger partial charge < -0.3 is 10.1 Å². The average molecular weight is 276 g/mol.